The molecule has 0 aromatic heterocycles. The molecule has 0 spiro atoms. The molecule has 0 amide bonds. The molecule has 0 fully saturated rings. The maximum atomic E-state index is 10.1. The van der Waals surface area contributed by atoms with E-state index in [9.17, 15) is 4.79 Å². The third-order valence-corrected chi connectivity index (χ3v) is 2.04. The van der Waals surface area contributed by atoms with Crippen molar-refractivity contribution in [3.8, 4) is 0 Å². The zero-order valence-electron chi connectivity index (χ0n) is 7.03. The lowest BCUT2D eigenvalue weighted by Gasteiger charge is -2.01. The van der Waals surface area contributed by atoms with Crippen LogP contribution in [0.15, 0.2) is 4.99 Å². The molecule has 0 unspecified atom stereocenters. The minimum atomic E-state index is -0.774. The number of rotatable bonds is 3. The van der Waals surface area contributed by atoms with Gasteiger partial charge in [0.2, 0.25) is 0 Å². The molecular formula is C6H13ClN2O2S. The molecule has 0 radical (unpaired) electrons. The molecule has 2 N–H and O–H groups in total. The molecule has 0 heterocycles. The average molecular weight is 213 g/mol. The predicted molar refractivity (Wildman–Crippen MR) is 54.4 cm³/mol. The standard InChI is InChI=1S/C6H12N2O2S.ClH/c1-7-6(8-2)11-4-3-5(9)10;/h3-4H2,1-2H3,(H,7,8)(H,9,10);1H. The molecule has 0 saturated heterocycles. The fourth-order valence-corrected chi connectivity index (χ4v) is 1.23. The van der Waals surface area contributed by atoms with Crippen molar-refractivity contribution in [2.75, 3.05) is 19.8 Å². The number of halogens is 1. The van der Waals surface area contributed by atoms with Crippen LogP contribution < -0.4 is 5.32 Å². The summed E-state index contributed by atoms with van der Waals surface area (Å²) in [4.78, 5) is 14.0. The van der Waals surface area contributed by atoms with E-state index in [2.05, 4.69) is 10.3 Å². The highest BCUT2D eigenvalue weighted by atomic mass is 35.5. The van der Waals surface area contributed by atoms with E-state index in [0.29, 0.717) is 5.75 Å². The lowest BCUT2D eigenvalue weighted by Crippen LogP contribution is -2.15. The van der Waals surface area contributed by atoms with Crippen LogP contribution in [0.5, 0.6) is 0 Å². The number of amidine groups is 1. The zero-order valence-corrected chi connectivity index (χ0v) is 8.67. The molecule has 0 aliphatic carbocycles. The number of carbonyl (C=O) groups is 1. The van der Waals surface area contributed by atoms with Gasteiger partial charge < -0.3 is 10.4 Å². The van der Waals surface area contributed by atoms with Gasteiger partial charge in [-0.2, -0.15) is 0 Å². The number of carboxylic acids is 1. The van der Waals surface area contributed by atoms with E-state index in [1.165, 1.54) is 11.8 Å². The summed E-state index contributed by atoms with van der Waals surface area (Å²) in [6, 6.07) is 0. The summed E-state index contributed by atoms with van der Waals surface area (Å²) in [5.74, 6) is -0.216. The van der Waals surface area contributed by atoms with Gasteiger partial charge in [0.15, 0.2) is 5.17 Å². The van der Waals surface area contributed by atoms with Crippen LogP contribution in [0.25, 0.3) is 0 Å². The van der Waals surface area contributed by atoms with Gasteiger partial charge in [-0.3, -0.25) is 9.79 Å². The van der Waals surface area contributed by atoms with Gasteiger partial charge >= 0.3 is 5.97 Å². The Kier molecular flexibility index (Phi) is 10.2. The number of carboxylic acid groups (broad SMARTS) is 1. The number of thioether (sulfide) groups is 1. The van der Waals surface area contributed by atoms with Crippen LogP contribution in [-0.2, 0) is 4.79 Å². The summed E-state index contributed by atoms with van der Waals surface area (Å²) in [5, 5.41) is 11.9. The van der Waals surface area contributed by atoms with Crippen molar-refractivity contribution in [3.63, 3.8) is 0 Å². The third kappa shape index (κ3) is 7.68. The van der Waals surface area contributed by atoms with Crippen LogP contribution in [0.3, 0.4) is 0 Å². The van der Waals surface area contributed by atoms with Gasteiger partial charge in [0.1, 0.15) is 0 Å². The van der Waals surface area contributed by atoms with Gasteiger partial charge in [-0.15, -0.1) is 12.4 Å². The first-order valence-corrected chi connectivity index (χ1v) is 4.18. The first-order valence-electron chi connectivity index (χ1n) is 3.19. The van der Waals surface area contributed by atoms with Gasteiger partial charge in [-0.25, -0.2) is 0 Å². The Hall–Kier alpha value is -0.420. The lowest BCUT2D eigenvalue weighted by molar-refractivity contribution is -0.136. The Bertz CT molecular complexity index is 164. The van der Waals surface area contributed by atoms with E-state index in [1.54, 1.807) is 14.1 Å². The Morgan fingerprint density at radius 3 is 2.58 bits per heavy atom. The van der Waals surface area contributed by atoms with E-state index in [1.807, 2.05) is 0 Å². The molecule has 0 aromatic carbocycles. The Balaban J connectivity index is 0. The van der Waals surface area contributed by atoms with E-state index >= 15 is 0 Å². The average Bonchev–Trinajstić information content (AvgIpc) is 1.98. The van der Waals surface area contributed by atoms with Gasteiger partial charge in [0, 0.05) is 19.8 Å². The number of nitrogens with one attached hydrogen (secondary N) is 1. The van der Waals surface area contributed by atoms with E-state index in [-0.39, 0.29) is 18.8 Å². The van der Waals surface area contributed by atoms with Crippen molar-refractivity contribution < 1.29 is 9.90 Å². The molecule has 72 valence electrons. The number of hydrogen-bond donors (Lipinski definition) is 2. The van der Waals surface area contributed by atoms with Crippen LogP contribution >= 0.6 is 24.2 Å². The summed E-state index contributed by atoms with van der Waals surface area (Å²) < 4.78 is 0. The molecule has 12 heavy (non-hydrogen) atoms. The Morgan fingerprint density at radius 2 is 2.25 bits per heavy atom. The molecule has 0 saturated carbocycles. The first kappa shape index (κ1) is 14.1. The first-order chi connectivity index (χ1) is 5.20. The van der Waals surface area contributed by atoms with Crippen molar-refractivity contribution in [1.82, 2.24) is 5.32 Å². The van der Waals surface area contributed by atoms with Crippen LogP contribution in [0.1, 0.15) is 6.42 Å². The topological polar surface area (TPSA) is 61.7 Å². The quantitative estimate of drug-likeness (QED) is 0.537. The maximum Gasteiger partial charge on any atom is 0.304 e. The highest BCUT2D eigenvalue weighted by Gasteiger charge is 1.99. The highest BCUT2D eigenvalue weighted by molar-refractivity contribution is 8.13. The Labute approximate surface area is 82.2 Å². The van der Waals surface area contributed by atoms with Gasteiger partial charge in [0.05, 0.1) is 6.42 Å². The minimum Gasteiger partial charge on any atom is -0.481 e. The summed E-state index contributed by atoms with van der Waals surface area (Å²) in [5.41, 5.74) is 0. The molecule has 0 bridgehead atoms. The summed E-state index contributed by atoms with van der Waals surface area (Å²) in [6.07, 6.45) is 0.172. The monoisotopic (exact) mass is 212 g/mol. The van der Waals surface area contributed by atoms with Crippen molar-refractivity contribution in [2.45, 2.75) is 6.42 Å². The van der Waals surface area contributed by atoms with Crippen LogP contribution in [0.2, 0.25) is 0 Å². The molecule has 0 aromatic rings. The molecule has 0 aliphatic rings. The normalized spacial score (nSPS) is 10.3. The zero-order chi connectivity index (χ0) is 8.69. The second-order valence-corrected chi connectivity index (χ2v) is 2.85. The number of nitrogens with zero attached hydrogens (tertiary/aromatic N) is 1. The van der Waals surface area contributed by atoms with Crippen LogP contribution in [0, 0.1) is 0 Å². The predicted octanol–water partition coefficient (Wildman–Crippen LogP) is 0.821. The number of hydrogen-bond acceptors (Lipinski definition) is 3. The second kappa shape index (κ2) is 8.67. The largest absolute Gasteiger partial charge is 0.481 e. The molecular weight excluding hydrogens is 200 g/mol. The van der Waals surface area contributed by atoms with Gasteiger partial charge in [-0.05, 0) is 0 Å². The summed E-state index contributed by atoms with van der Waals surface area (Å²) in [6.45, 7) is 0. The maximum absolute atomic E-state index is 10.1. The van der Waals surface area contributed by atoms with Crippen molar-refractivity contribution in [3.05, 3.63) is 0 Å². The van der Waals surface area contributed by atoms with E-state index in [4.69, 9.17) is 5.11 Å². The summed E-state index contributed by atoms with van der Waals surface area (Å²) >= 11 is 1.41. The summed E-state index contributed by atoms with van der Waals surface area (Å²) in [7, 11) is 3.43. The molecule has 0 aliphatic heterocycles. The fraction of sp³-hybridized carbons (Fsp3) is 0.667. The van der Waals surface area contributed by atoms with Crippen LogP contribution in [-0.4, -0.2) is 36.1 Å². The molecule has 0 atom stereocenters. The molecule has 4 nitrogen and oxygen atoms in total. The fourth-order valence-electron chi connectivity index (χ4n) is 0.484. The lowest BCUT2D eigenvalue weighted by atomic mass is 10.5. The SMILES string of the molecule is CN=C(NC)SCCC(=O)O.Cl. The minimum absolute atomic E-state index is 0. The Morgan fingerprint density at radius 1 is 1.67 bits per heavy atom. The third-order valence-electron chi connectivity index (χ3n) is 0.972. The number of aliphatic imine (C=N–C) groups is 1. The van der Waals surface area contributed by atoms with Gasteiger partial charge in [-0.1, -0.05) is 11.8 Å². The van der Waals surface area contributed by atoms with Crippen molar-refractivity contribution in [2.24, 2.45) is 4.99 Å². The van der Waals surface area contributed by atoms with E-state index < -0.39 is 5.97 Å². The van der Waals surface area contributed by atoms with Crippen LogP contribution in [0.4, 0.5) is 0 Å². The highest BCUT2D eigenvalue weighted by Crippen LogP contribution is 2.02. The van der Waals surface area contributed by atoms with Gasteiger partial charge in [0.25, 0.3) is 0 Å². The molecule has 0 rings (SSSR count). The number of aliphatic carboxylic acids is 1. The van der Waals surface area contributed by atoms with Crippen molar-refractivity contribution in [1.29, 1.82) is 0 Å². The second-order valence-electron chi connectivity index (χ2n) is 1.77. The molecule has 6 heteroatoms. The smallest absolute Gasteiger partial charge is 0.304 e. The van der Waals surface area contributed by atoms with Crippen molar-refractivity contribution >= 4 is 35.3 Å². The van der Waals surface area contributed by atoms with E-state index in [0.717, 1.165) is 5.17 Å².